The maximum absolute atomic E-state index is 7.77. The lowest BCUT2D eigenvalue weighted by molar-refractivity contribution is 0.669. The van der Waals surface area contributed by atoms with Gasteiger partial charge >= 0.3 is 0 Å². The third-order valence-electron chi connectivity index (χ3n) is 7.84. The van der Waals surface area contributed by atoms with Crippen LogP contribution < -0.4 is 0 Å². The molecule has 0 saturated carbocycles. The Balaban J connectivity index is 1.42. The molecule has 0 aliphatic carbocycles. The van der Waals surface area contributed by atoms with E-state index in [2.05, 4.69) is 113 Å². The van der Waals surface area contributed by atoms with Gasteiger partial charge in [-0.15, -0.1) is 0 Å². The van der Waals surface area contributed by atoms with Gasteiger partial charge < -0.3 is 8.98 Å². The minimum Gasteiger partial charge on any atom is -0.456 e. The molecule has 186 valence electrons. The molecule has 40 heavy (non-hydrogen) atoms. The van der Waals surface area contributed by atoms with E-state index in [0.29, 0.717) is 5.69 Å². The van der Waals surface area contributed by atoms with Gasteiger partial charge in [-0.3, -0.25) is 0 Å². The maximum atomic E-state index is 7.77. The van der Waals surface area contributed by atoms with Gasteiger partial charge in [-0.05, 0) is 59.2 Å². The summed E-state index contributed by atoms with van der Waals surface area (Å²) >= 11 is 0. The molecule has 0 bridgehead atoms. The first-order valence-electron chi connectivity index (χ1n) is 13.3. The molecule has 0 atom stereocenters. The molecular weight excluding hydrogens is 488 g/mol. The van der Waals surface area contributed by atoms with Crippen LogP contribution >= 0.6 is 0 Å². The van der Waals surface area contributed by atoms with Crippen molar-refractivity contribution in [1.82, 2.24) is 4.57 Å². The highest BCUT2D eigenvalue weighted by Gasteiger charge is 2.18. The van der Waals surface area contributed by atoms with Gasteiger partial charge in [0.15, 0.2) is 5.69 Å². The first-order chi connectivity index (χ1) is 19.8. The zero-order valence-electron chi connectivity index (χ0n) is 21.5. The summed E-state index contributed by atoms with van der Waals surface area (Å²) in [6, 6.07) is 46.2. The number of para-hydroxylation sites is 4. The molecule has 2 heterocycles. The number of hydrogen-bond donors (Lipinski definition) is 0. The second kappa shape index (κ2) is 8.73. The number of aromatic nitrogens is 1. The standard InChI is InChI=1S/C37H22N2O/c1-38-25-19-20-26(24-18-21-37-32(22-24)30-13-5-9-17-36(30)40-37)31(23-25)29-12-4-8-16-35(29)39-33-14-6-2-10-27(33)28-11-3-7-15-34(28)39/h2-23H. The van der Waals surface area contributed by atoms with Crippen LogP contribution in [0.5, 0.6) is 0 Å². The molecule has 0 N–H and O–H groups in total. The molecular formula is C37H22N2O. The fraction of sp³-hybridized carbons (Fsp3) is 0. The quantitative estimate of drug-likeness (QED) is 0.217. The van der Waals surface area contributed by atoms with Crippen molar-refractivity contribution in [3.8, 4) is 27.9 Å². The number of fused-ring (bicyclic) bond motifs is 6. The number of nitrogens with zero attached hydrogens (tertiary/aromatic N) is 2. The average Bonchev–Trinajstić information content (AvgIpc) is 3.56. The van der Waals surface area contributed by atoms with E-state index in [1.54, 1.807) is 0 Å². The number of hydrogen-bond acceptors (Lipinski definition) is 1. The Kier molecular flexibility index (Phi) is 4.89. The summed E-state index contributed by atoms with van der Waals surface area (Å²) in [6.07, 6.45) is 0. The van der Waals surface area contributed by atoms with Crippen molar-refractivity contribution in [1.29, 1.82) is 0 Å². The summed E-state index contributed by atoms with van der Waals surface area (Å²) in [5.74, 6) is 0. The lowest BCUT2D eigenvalue weighted by Crippen LogP contribution is -1.98. The van der Waals surface area contributed by atoms with Crippen LogP contribution in [0.15, 0.2) is 138 Å². The molecule has 6 aromatic carbocycles. The molecule has 0 fully saturated rings. The van der Waals surface area contributed by atoms with Crippen molar-refractivity contribution in [2.24, 2.45) is 0 Å². The SMILES string of the molecule is [C-]#[N+]c1ccc(-c2ccc3oc4ccccc4c3c2)c(-c2ccccc2-n2c3ccccc3c3ccccc32)c1. The zero-order valence-corrected chi connectivity index (χ0v) is 21.5. The molecule has 3 nitrogen and oxygen atoms in total. The number of furan rings is 1. The topological polar surface area (TPSA) is 22.4 Å². The molecule has 0 aliphatic heterocycles. The van der Waals surface area contributed by atoms with Gasteiger partial charge in [0, 0.05) is 27.1 Å². The van der Waals surface area contributed by atoms with Crippen molar-refractivity contribution in [3.05, 3.63) is 145 Å². The predicted molar refractivity (Wildman–Crippen MR) is 165 cm³/mol. The van der Waals surface area contributed by atoms with Crippen molar-refractivity contribution in [3.63, 3.8) is 0 Å². The van der Waals surface area contributed by atoms with Gasteiger partial charge in [-0.2, -0.15) is 0 Å². The van der Waals surface area contributed by atoms with Gasteiger partial charge in [0.25, 0.3) is 0 Å². The fourth-order valence-corrected chi connectivity index (χ4v) is 6.05. The molecule has 8 aromatic rings. The Morgan fingerprint density at radius 1 is 0.500 bits per heavy atom. The molecule has 0 amide bonds. The van der Waals surface area contributed by atoms with Crippen LogP contribution in [0.3, 0.4) is 0 Å². The van der Waals surface area contributed by atoms with Crippen molar-refractivity contribution >= 4 is 49.4 Å². The highest BCUT2D eigenvalue weighted by atomic mass is 16.3. The van der Waals surface area contributed by atoms with E-state index < -0.39 is 0 Å². The fourth-order valence-electron chi connectivity index (χ4n) is 6.05. The van der Waals surface area contributed by atoms with Crippen molar-refractivity contribution < 1.29 is 4.42 Å². The van der Waals surface area contributed by atoms with Crippen molar-refractivity contribution in [2.45, 2.75) is 0 Å². The highest BCUT2D eigenvalue weighted by molar-refractivity contribution is 6.10. The van der Waals surface area contributed by atoms with Gasteiger partial charge in [-0.25, -0.2) is 4.85 Å². The van der Waals surface area contributed by atoms with E-state index in [0.717, 1.165) is 60.9 Å². The van der Waals surface area contributed by atoms with E-state index in [1.807, 2.05) is 30.3 Å². The molecule has 0 aliphatic rings. The molecule has 0 unspecified atom stereocenters. The van der Waals surface area contributed by atoms with Crippen LogP contribution in [0.25, 0.3) is 76.5 Å². The summed E-state index contributed by atoms with van der Waals surface area (Å²) in [7, 11) is 0. The van der Waals surface area contributed by atoms with Crippen molar-refractivity contribution in [2.75, 3.05) is 0 Å². The van der Waals surface area contributed by atoms with Gasteiger partial charge in [-0.1, -0.05) is 91.0 Å². The predicted octanol–water partition coefficient (Wildman–Crippen LogP) is 10.6. The summed E-state index contributed by atoms with van der Waals surface area (Å²) < 4.78 is 8.45. The molecule has 3 heteroatoms. The summed E-state index contributed by atoms with van der Waals surface area (Å²) in [6.45, 7) is 7.77. The third-order valence-corrected chi connectivity index (χ3v) is 7.84. The van der Waals surface area contributed by atoms with E-state index in [-0.39, 0.29) is 0 Å². The second-order valence-corrected chi connectivity index (χ2v) is 10.0. The molecule has 0 saturated heterocycles. The third kappa shape index (κ3) is 3.30. The summed E-state index contributed by atoms with van der Waals surface area (Å²) in [5.41, 5.74) is 10.0. The van der Waals surface area contributed by atoms with E-state index in [4.69, 9.17) is 11.0 Å². The Bertz CT molecular complexity index is 2240. The molecule has 8 rings (SSSR count). The summed E-state index contributed by atoms with van der Waals surface area (Å²) in [5, 5.41) is 4.63. The van der Waals surface area contributed by atoms with Gasteiger partial charge in [0.05, 0.1) is 23.3 Å². The van der Waals surface area contributed by atoms with Crippen LogP contribution in [0.1, 0.15) is 0 Å². The minimum absolute atomic E-state index is 0.616. The normalized spacial score (nSPS) is 11.5. The number of rotatable bonds is 3. The second-order valence-electron chi connectivity index (χ2n) is 10.0. The van der Waals surface area contributed by atoms with Crippen LogP contribution in [0.2, 0.25) is 0 Å². The summed E-state index contributed by atoms with van der Waals surface area (Å²) in [4.78, 5) is 3.79. The zero-order chi connectivity index (χ0) is 26.6. The van der Waals surface area contributed by atoms with Crippen LogP contribution in [-0.4, -0.2) is 4.57 Å². The van der Waals surface area contributed by atoms with E-state index in [9.17, 15) is 0 Å². The van der Waals surface area contributed by atoms with Crippen LogP contribution in [0, 0.1) is 6.57 Å². The van der Waals surface area contributed by atoms with Gasteiger partial charge in [0.2, 0.25) is 0 Å². The molecule has 0 radical (unpaired) electrons. The van der Waals surface area contributed by atoms with Crippen LogP contribution in [-0.2, 0) is 0 Å². The molecule has 2 aromatic heterocycles. The van der Waals surface area contributed by atoms with Crippen LogP contribution in [0.4, 0.5) is 5.69 Å². The average molecular weight is 511 g/mol. The largest absolute Gasteiger partial charge is 0.456 e. The Hall–Kier alpha value is -5.59. The Labute approximate surface area is 231 Å². The monoisotopic (exact) mass is 510 g/mol. The first-order valence-corrected chi connectivity index (χ1v) is 13.3. The smallest absolute Gasteiger partial charge is 0.187 e. The van der Waals surface area contributed by atoms with E-state index >= 15 is 0 Å². The van der Waals surface area contributed by atoms with Gasteiger partial charge in [0.1, 0.15) is 11.2 Å². The lowest BCUT2D eigenvalue weighted by atomic mass is 9.92. The Morgan fingerprint density at radius 3 is 1.93 bits per heavy atom. The highest BCUT2D eigenvalue weighted by Crippen LogP contribution is 2.42. The Morgan fingerprint density at radius 2 is 1.15 bits per heavy atom. The minimum atomic E-state index is 0.616. The molecule has 0 spiro atoms. The maximum Gasteiger partial charge on any atom is 0.187 e. The lowest BCUT2D eigenvalue weighted by Gasteiger charge is -2.17. The van der Waals surface area contributed by atoms with E-state index in [1.165, 1.54) is 10.8 Å². The first kappa shape index (κ1) is 22.4. The number of benzene rings is 6.